The number of aliphatic hydroxyl groups excluding tert-OH is 10. The van der Waals surface area contributed by atoms with Gasteiger partial charge in [0.2, 0.25) is 0 Å². The van der Waals surface area contributed by atoms with Gasteiger partial charge in [-0.3, -0.25) is 0 Å². The van der Waals surface area contributed by atoms with Crippen LogP contribution in [0.2, 0.25) is 0 Å². The van der Waals surface area contributed by atoms with E-state index >= 15 is 0 Å². The molecule has 4 heterocycles. The lowest BCUT2D eigenvalue weighted by Gasteiger charge is -2.58. The molecule has 7 unspecified atom stereocenters. The van der Waals surface area contributed by atoms with Gasteiger partial charge in [-0.1, -0.05) is 39.3 Å². The predicted octanol–water partition coefficient (Wildman–Crippen LogP) is -0.177. The molecular formula is C46H76O18. The molecule has 0 bridgehead atoms. The van der Waals surface area contributed by atoms with Crippen LogP contribution in [-0.4, -0.2) is 188 Å². The van der Waals surface area contributed by atoms with Gasteiger partial charge in [-0.2, -0.15) is 0 Å². The standard InChI is InChI=1S/C46H76O18/c1-20(17-47)9-14-46(57-6)21(2)31-28(64-46)16-27-25-8-7-23-15-24(10-12-44(23,4)26(25)11-13-45(27,31)5)59-43-40(63-41-37(55)35(53)32(50)22(3)58-41)39(34(52)30(19-49)61-43)62-42-38(56)36(54)33(51)29(18-48)60-42/h7,20-22,24-43,47-56H,8-19H2,1-6H3/t20-,21-,22-,24-,25?,26?,27?,28?,29+,30+,31?,32-,33?,34?,35+,36-,37+,38+,39-,40+,41-,42-,43+,44-,45-,46+/m0/s1. The Hall–Kier alpha value is -0.980. The minimum atomic E-state index is -1.85. The van der Waals surface area contributed by atoms with E-state index in [0.717, 1.165) is 44.9 Å². The summed E-state index contributed by atoms with van der Waals surface area (Å²) in [4.78, 5) is 0. The van der Waals surface area contributed by atoms with Gasteiger partial charge in [0, 0.05) is 26.1 Å². The van der Waals surface area contributed by atoms with Crippen LogP contribution in [0.3, 0.4) is 0 Å². The number of aliphatic hydroxyl groups is 10. The second-order valence-electron chi connectivity index (χ2n) is 21.1. The topological polar surface area (TPSA) is 276 Å². The molecule has 368 valence electrons. The Morgan fingerprint density at radius 3 is 2.05 bits per heavy atom. The van der Waals surface area contributed by atoms with Crippen LogP contribution in [0.15, 0.2) is 11.6 Å². The fourth-order valence-corrected chi connectivity index (χ4v) is 13.8. The number of fused-ring (bicyclic) bond motifs is 7. The van der Waals surface area contributed by atoms with Crippen LogP contribution < -0.4 is 0 Å². The number of ether oxygens (including phenoxy) is 8. The minimum Gasteiger partial charge on any atom is -0.396 e. The van der Waals surface area contributed by atoms with E-state index in [4.69, 9.17) is 37.9 Å². The average Bonchev–Trinajstić information content (AvgIpc) is 3.74. The SMILES string of the molecule is CO[C@]1(CC[C@H](C)CO)OC2CC3C4CC=C5C[C@@H](O[C@@H]6O[C@H](CO)C(O)[C@H](O[C@@H]7O[C@H](CO)C(O)[C@H](O)[C@H]7O)[C@H]6O[C@@H]6O[C@@H](C)[C@H](O)[C@@H](O)[C@H]6O)CC[C@]5(C)C4CC[C@]3(C)C2[C@@H]1C. The summed E-state index contributed by atoms with van der Waals surface area (Å²) in [6.07, 6.45) is -13.5. The monoisotopic (exact) mass is 917 g/mol. The molecule has 0 aromatic rings. The molecule has 18 heteroatoms. The van der Waals surface area contributed by atoms with Crippen molar-refractivity contribution in [2.24, 2.45) is 46.3 Å². The molecule has 0 radical (unpaired) electrons. The van der Waals surface area contributed by atoms with Crippen molar-refractivity contribution in [3.05, 3.63) is 11.6 Å². The highest BCUT2D eigenvalue weighted by atomic mass is 16.8. The smallest absolute Gasteiger partial charge is 0.187 e. The summed E-state index contributed by atoms with van der Waals surface area (Å²) in [5, 5.41) is 106. The molecule has 8 rings (SSSR count). The lowest BCUT2D eigenvalue weighted by atomic mass is 9.47. The maximum atomic E-state index is 11.6. The molecule has 26 atom stereocenters. The maximum absolute atomic E-state index is 11.6. The second kappa shape index (κ2) is 19.1. The van der Waals surface area contributed by atoms with E-state index in [1.165, 1.54) is 12.5 Å². The van der Waals surface area contributed by atoms with Crippen molar-refractivity contribution in [2.45, 2.75) is 203 Å². The molecule has 0 spiro atoms. The third-order valence-electron chi connectivity index (χ3n) is 17.7. The van der Waals surface area contributed by atoms with Crippen molar-refractivity contribution in [1.82, 2.24) is 0 Å². The molecule has 18 nitrogen and oxygen atoms in total. The lowest BCUT2D eigenvalue weighted by molar-refractivity contribution is -0.394. The highest BCUT2D eigenvalue weighted by Crippen LogP contribution is 2.70. The van der Waals surface area contributed by atoms with E-state index < -0.39 is 117 Å². The van der Waals surface area contributed by atoms with Gasteiger partial charge in [-0.25, -0.2) is 0 Å². The Balaban J connectivity index is 1.01. The Morgan fingerprint density at radius 1 is 0.734 bits per heavy atom. The Kier molecular flexibility index (Phi) is 14.7. The second-order valence-corrected chi connectivity index (χ2v) is 21.1. The van der Waals surface area contributed by atoms with Crippen LogP contribution in [0.5, 0.6) is 0 Å². The predicted molar refractivity (Wildman–Crippen MR) is 222 cm³/mol. The number of hydrogen-bond donors (Lipinski definition) is 10. The van der Waals surface area contributed by atoms with Crippen molar-refractivity contribution in [3.8, 4) is 0 Å². The summed E-state index contributed by atoms with van der Waals surface area (Å²) in [6.45, 7) is 9.43. The van der Waals surface area contributed by atoms with Crippen LogP contribution >= 0.6 is 0 Å². The van der Waals surface area contributed by atoms with Gasteiger partial charge in [0.05, 0.1) is 31.5 Å². The quantitative estimate of drug-likeness (QED) is 0.107. The Bertz CT molecular complexity index is 1620. The van der Waals surface area contributed by atoms with E-state index in [1.807, 2.05) is 0 Å². The third kappa shape index (κ3) is 8.37. The summed E-state index contributed by atoms with van der Waals surface area (Å²) < 4.78 is 49.9. The van der Waals surface area contributed by atoms with Crippen LogP contribution in [0.25, 0.3) is 0 Å². The first kappa shape index (κ1) is 49.4. The van der Waals surface area contributed by atoms with Crippen molar-refractivity contribution >= 4 is 0 Å². The summed E-state index contributed by atoms with van der Waals surface area (Å²) in [5.74, 6) is 1.57. The third-order valence-corrected chi connectivity index (χ3v) is 17.7. The zero-order valence-electron chi connectivity index (χ0n) is 38.1. The van der Waals surface area contributed by atoms with E-state index in [-0.39, 0.29) is 35.4 Å². The van der Waals surface area contributed by atoms with Crippen LogP contribution in [0, 0.1) is 46.3 Å². The van der Waals surface area contributed by atoms with Crippen molar-refractivity contribution in [3.63, 3.8) is 0 Å². The van der Waals surface area contributed by atoms with Crippen LogP contribution in [0.1, 0.15) is 92.4 Å². The first-order chi connectivity index (χ1) is 30.4. The van der Waals surface area contributed by atoms with Gasteiger partial charge in [0.15, 0.2) is 24.7 Å². The molecular weight excluding hydrogens is 840 g/mol. The summed E-state index contributed by atoms with van der Waals surface area (Å²) >= 11 is 0. The zero-order valence-corrected chi connectivity index (χ0v) is 38.1. The van der Waals surface area contributed by atoms with E-state index in [9.17, 15) is 51.1 Å². The van der Waals surface area contributed by atoms with Crippen LogP contribution in [-0.2, 0) is 37.9 Å². The molecule has 0 aromatic carbocycles. The van der Waals surface area contributed by atoms with E-state index in [0.29, 0.717) is 36.5 Å². The molecule has 3 saturated carbocycles. The highest BCUT2D eigenvalue weighted by Gasteiger charge is 2.68. The van der Waals surface area contributed by atoms with Gasteiger partial charge >= 0.3 is 0 Å². The first-order valence-electron chi connectivity index (χ1n) is 23.8. The average molecular weight is 917 g/mol. The molecule has 8 aliphatic rings. The fraction of sp³-hybridized carbons (Fsp3) is 0.957. The van der Waals surface area contributed by atoms with Gasteiger partial charge in [-0.15, -0.1) is 0 Å². The van der Waals surface area contributed by atoms with Gasteiger partial charge < -0.3 is 89.0 Å². The summed E-state index contributed by atoms with van der Waals surface area (Å²) in [7, 11) is 1.76. The molecule has 0 amide bonds. The first-order valence-corrected chi connectivity index (χ1v) is 23.8. The molecule has 0 aromatic heterocycles. The van der Waals surface area contributed by atoms with Crippen molar-refractivity contribution in [1.29, 1.82) is 0 Å². The van der Waals surface area contributed by atoms with Gasteiger partial charge in [-0.05, 0) is 98.7 Å². The molecule has 7 fully saturated rings. The summed E-state index contributed by atoms with van der Waals surface area (Å²) in [6, 6.07) is 0. The minimum absolute atomic E-state index is 0.0833. The Labute approximate surface area is 375 Å². The van der Waals surface area contributed by atoms with Crippen molar-refractivity contribution < 1.29 is 89.0 Å². The highest BCUT2D eigenvalue weighted by molar-refractivity contribution is 5.26. The molecule has 10 N–H and O–H groups in total. The van der Waals surface area contributed by atoms with Gasteiger partial charge in [0.25, 0.3) is 0 Å². The van der Waals surface area contributed by atoms with Gasteiger partial charge in [0.1, 0.15) is 67.1 Å². The molecule has 4 saturated heterocycles. The number of methoxy groups -OCH3 is 1. The largest absolute Gasteiger partial charge is 0.396 e. The maximum Gasteiger partial charge on any atom is 0.187 e. The Morgan fingerprint density at radius 2 is 1.38 bits per heavy atom. The van der Waals surface area contributed by atoms with E-state index in [2.05, 4.69) is 33.8 Å². The lowest BCUT2D eigenvalue weighted by Crippen LogP contribution is -2.67. The summed E-state index contributed by atoms with van der Waals surface area (Å²) in [5.41, 5.74) is 1.32. The normalized spacial score (nSPS) is 54.3. The molecule has 4 aliphatic carbocycles. The van der Waals surface area contributed by atoms with Crippen LogP contribution in [0.4, 0.5) is 0 Å². The molecule has 4 aliphatic heterocycles. The molecule has 64 heavy (non-hydrogen) atoms. The number of hydrogen-bond acceptors (Lipinski definition) is 18. The number of allylic oxidation sites excluding steroid dienone is 1. The van der Waals surface area contributed by atoms with Crippen molar-refractivity contribution in [2.75, 3.05) is 26.9 Å². The number of rotatable bonds is 13. The zero-order chi connectivity index (χ0) is 46.2. The van der Waals surface area contributed by atoms with E-state index in [1.54, 1.807) is 7.11 Å². The fourth-order valence-electron chi connectivity index (χ4n) is 13.8.